The molecule has 2 rings (SSSR count). The molecule has 0 bridgehead atoms. The number of allylic oxidation sites excluding steroid dienone is 4. The highest BCUT2D eigenvalue weighted by molar-refractivity contribution is 6.01. The van der Waals surface area contributed by atoms with Crippen molar-refractivity contribution in [1.82, 2.24) is 0 Å². The summed E-state index contributed by atoms with van der Waals surface area (Å²) in [6, 6.07) is 0. The van der Waals surface area contributed by atoms with Crippen LogP contribution in [-0.4, -0.2) is 5.78 Å². The van der Waals surface area contributed by atoms with Crippen molar-refractivity contribution < 1.29 is 4.79 Å². The normalized spacial score (nSPS) is 23.8. The molecule has 0 heterocycles. The predicted octanol–water partition coefficient (Wildman–Crippen LogP) is 2.00. The average molecular weight is 134 g/mol. The van der Waals surface area contributed by atoms with Crippen LogP contribution in [0.5, 0.6) is 0 Å². The zero-order chi connectivity index (χ0) is 6.97. The van der Waals surface area contributed by atoms with E-state index in [1.54, 1.807) is 0 Å². The van der Waals surface area contributed by atoms with Crippen LogP contribution in [0, 0.1) is 0 Å². The Labute approximate surface area is 60.4 Å². The van der Waals surface area contributed by atoms with Gasteiger partial charge in [-0.3, -0.25) is 4.79 Å². The van der Waals surface area contributed by atoms with Crippen LogP contribution in [0.1, 0.15) is 25.7 Å². The minimum absolute atomic E-state index is 0.356. The van der Waals surface area contributed by atoms with Gasteiger partial charge in [-0.15, -0.1) is 0 Å². The maximum absolute atomic E-state index is 11.2. The van der Waals surface area contributed by atoms with E-state index in [2.05, 4.69) is 12.2 Å². The van der Waals surface area contributed by atoms with Crippen LogP contribution in [0.15, 0.2) is 23.3 Å². The molecule has 0 N–H and O–H groups in total. The average Bonchev–Trinajstić information content (AvgIpc) is 2.36. The molecule has 2 aliphatic rings. The van der Waals surface area contributed by atoms with Crippen molar-refractivity contribution in [3.05, 3.63) is 23.3 Å². The number of carbonyl (C=O) groups excluding carboxylic acids is 1. The van der Waals surface area contributed by atoms with Gasteiger partial charge in [-0.2, -0.15) is 0 Å². The summed E-state index contributed by atoms with van der Waals surface area (Å²) in [4.78, 5) is 11.2. The maximum Gasteiger partial charge on any atom is 0.162 e. The SMILES string of the molecule is O=C1CCCC2=CCC=C12. The summed E-state index contributed by atoms with van der Waals surface area (Å²) in [5.41, 5.74) is 2.32. The van der Waals surface area contributed by atoms with Crippen molar-refractivity contribution in [3.8, 4) is 0 Å². The second-order valence-corrected chi connectivity index (χ2v) is 2.86. The van der Waals surface area contributed by atoms with Crippen LogP contribution in [0.2, 0.25) is 0 Å². The minimum atomic E-state index is 0.356. The topological polar surface area (TPSA) is 17.1 Å². The lowest BCUT2D eigenvalue weighted by atomic mass is 9.91. The van der Waals surface area contributed by atoms with Crippen LogP contribution >= 0.6 is 0 Å². The molecule has 1 heteroatoms. The molecule has 10 heavy (non-hydrogen) atoms. The monoisotopic (exact) mass is 134 g/mol. The number of rotatable bonds is 0. The Morgan fingerprint density at radius 2 is 2.10 bits per heavy atom. The van der Waals surface area contributed by atoms with E-state index < -0.39 is 0 Å². The maximum atomic E-state index is 11.2. The molecule has 0 aromatic heterocycles. The first-order chi connectivity index (χ1) is 4.88. The van der Waals surface area contributed by atoms with E-state index in [0.717, 1.165) is 31.3 Å². The first-order valence-electron chi connectivity index (χ1n) is 3.81. The number of ketones is 1. The number of hydrogen-bond acceptors (Lipinski definition) is 1. The zero-order valence-electron chi connectivity index (χ0n) is 5.89. The number of hydrogen-bond donors (Lipinski definition) is 0. The van der Waals surface area contributed by atoms with Gasteiger partial charge in [0.1, 0.15) is 0 Å². The third-order valence-electron chi connectivity index (χ3n) is 2.18. The quantitative estimate of drug-likeness (QED) is 0.495. The fourth-order valence-electron chi connectivity index (χ4n) is 1.66. The van der Waals surface area contributed by atoms with E-state index in [4.69, 9.17) is 0 Å². The minimum Gasteiger partial charge on any atom is -0.294 e. The molecule has 1 fully saturated rings. The second-order valence-electron chi connectivity index (χ2n) is 2.86. The fourth-order valence-corrected chi connectivity index (χ4v) is 1.66. The van der Waals surface area contributed by atoms with Gasteiger partial charge in [0.25, 0.3) is 0 Å². The lowest BCUT2D eigenvalue weighted by Crippen LogP contribution is -2.08. The molecule has 0 saturated heterocycles. The Kier molecular flexibility index (Phi) is 1.23. The van der Waals surface area contributed by atoms with Crippen molar-refractivity contribution in [1.29, 1.82) is 0 Å². The Morgan fingerprint density at radius 1 is 1.20 bits per heavy atom. The van der Waals surface area contributed by atoms with E-state index in [1.165, 1.54) is 5.57 Å². The van der Waals surface area contributed by atoms with Gasteiger partial charge < -0.3 is 0 Å². The van der Waals surface area contributed by atoms with Gasteiger partial charge in [0.05, 0.1) is 0 Å². The molecule has 0 radical (unpaired) electrons. The van der Waals surface area contributed by atoms with Crippen molar-refractivity contribution in [3.63, 3.8) is 0 Å². The van der Waals surface area contributed by atoms with Crippen LogP contribution < -0.4 is 0 Å². The Bertz CT molecular complexity index is 233. The van der Waals surface area contributed by atoms with E-state index in [9.17, 15) is 4.79 Å². The Hall–Kier alpha value is -0.850. The Morgan fingerprint density at radius 3 is 2.90 bits per heavy atom. The van der Waals surface area contributed by atoms with E-state index in [-0.39, 0.29) is 0 Å². The van der Waals surface area contributed by atoms with E-state index >= 15 is 0 Å². The molecule has 1 saturated carbocycles. The van der Waals surface area contributed by atoms with Gasteiger partial charge in [-0.05, 0) is 24.8 Å². The number of Topliss-reactive ketones (excluding diaryl/α,β-unsaturated/α-hetero) is 1. The summed E-state index contributed by atoms with van der Waals surface area (Å²) in [5, 5.41) is 0. The summed E-state index contributed by atoms with van der Waals surface area (Å²) in [6.45, 7) is 0. The van der Waals surface area contributed by atoms with Gasteiger partial charge in [0, 0.05) is 12.0 Å². The van der Waals surface area contributed by atoms with Gasteiger partial charge in [0.2, 0.25) is 0 Å². The van der Waals surface area contributed by atoms with E-state index in [1.807, 2.05) is 0 Å². The van der Waals surface area contributed by atoms with Crippen molar-refractivity contribution in [2.45, 2.75) is 25.7 Å². The molecule has 0 atom stereocenters. The molecular weight excluding hydrogens is 124 g/mol. The number of carbonyl (C=O) groups is 1. The van der Waals surface area contributed by atoms with Gasteiger partial charge in [-0.1, -0.05) is 12.2 Å². The molecule has 0 aliphatic heterocycles. The molecule has 0 aromatic carbocycles. The summed E-state index contributed by atoms with van der Waals surface area (Å²) >= 11 is 0. The van der Waals surface area contributed by atoms with Gasteiger partial charge >= 0.3 is 0 Å². The molecule has 0 amide bonds. The summed E-state index contributed by atoms with van der Waals surface area (Å²) < 4.78 is 0. The molecule has 1 nitrogen and oxygen atoms in total. The molecular formula is C9H10O. The fraction of sp³-hybridized carbons (Fsp3) is 0.444. The van der Waals surface area contributed by atoms with Crippen molar-refractivity contribution in [2.75, 3.05) is 0 Å². The van der Waals surface area contributed by atoms with Crippen LogP contribution in [0.3, 0.4) is 0 Å². The molecule has 0 aromatic rings. The van der Waals surface area contributed by atoms with Gasteiger partial charge in [-0.25, -0.2) is 0 Å². The standard InChI is InChI=1S/C9H10O/c10-9-6-2-4-7-3-1-5-8(7)9/h3,5H,1-2,4,6H2. The summed E-state index contributed by atoms with van der Waals surface area (Å²) in [7, 11) is 0. The molecule has 0 spiro atoms. The van der Waals surface area contributed by atoms with Crippen LogP contribution in [0.25, 0.3) is 0 Å². The van der Waals surface area contributed by atoms with E-state index in [0.29, 0.717) is 5.78 Å². The highest BCUT2D eigenvalue weighted by Gasteiger charge is 2.21. The lowest BCUT2D eigenvalue weighted by Gasteiger charge is -2.12. The van der Waals surface area contributed by atoms with Crippen LogP contribution in [-0.2, 0) is 4.79 Å². The zero-order valence-corrected chi connectivity index (χ0v) is 5.89. The molecule has 2 aliphatic carbocycles. The summed E-state index contributed by atoms with van der Waals surface area (Å²) in [6.07, 6.45) is 8.16. The molecule has 0 unspecified atom stereocenters. The Balaban J connectivity index is 2.34. The smallest absolute Gasteiger partial charge is 0.162 e. The highest BCUT2D eigenvalue weighted by atomic mass is 16.1. The predicted molar refractivity (Wildman–Crippen MR) is 39.6 cm³/mol. The summed E-state index contributed by atoms with van der Waals surface area (Å²) in [5.74, 6) is 0.356. The highest BCUT2D eigenvalue weighted by Crippen LogP contribution is 2.30. The van der Waals surface area contributed by atoms with Crippen molar-refractivity contribution >= 4 is 5.78 Å². The third kappa shape index (κ3) is 0.737. The first-order valence-corrected chi connectivity index (χ1v) is 3.81. The largest absolute Gasteiger partial charge is 0.294 e. The second kappa shape index (κ2) is 2.08. The lowest BCUT2D eigenvalue weighted by molar-refractivity contribution is -0.115. The first kappa shape index (κ1) is 5.90. The van der Waals surface area contributed by atoms with Crippen molar-refractivity contribution in [2.24, 2.45) is 0 Å². The number of fused-ring (bicyclic) bond motifs is 1. The third-order valence-corrected chi connectivity index (χ3v) is 2.18. The van der Waals surface area contributed by atoms with Crippen LogP contribution in [0.4, 0.5) is 0 Å². The molecule has 52 valence electrons. The van der Waals surface area contributed by atoms with Gasteiger partial charge in [0.15, 0.2) is 5.78 Å².